The van der Waals surface area contributed by atoms with Gasteiger partial charge in [0.25, 0.3) is 0 Å². The highest BCUT2D eigenvalue weighted by atomic mass is 16.5. The number of phenols is 5. The molecule has 0 saturated heterocycles. The van der Waals surface area contributed by atoms with E-state index in [-0.39, 0.29) is 40.8 Å². The Labute approximate surface area is 124 Å². The smallest absolute Gasteiger partial charge is 0.200 e. The van der Waals surface area contributed by atoms with Gasteiger partial charge in [-0.1, -0.05) is 0 Å². The van der Waals surface area contributed by atoms with Gasteiger partial charge in [-0.05, 0) is 12.1 Å². The predicted molar refractivity (Wildman–Crippen MR) is 75.1 cm³/mol. The Balaban J connectivity index is 2.10. The van der Waals surface area contributed by atoms with Gasteiger partial charge in [0.1, 0.15) is 23.0 Å². The number of rotatable bonds is 1. The maximum absolute atomic E-state index is 10.1. The summed E-state index contributed by atoms with van der Waals surface area (Å²) in [6.07, 6.45) is -0.0564. The second-order valence-electron chi connectivity index (χ2n) is 4.86. The average molecular weight is 304 g/mol. The van der Waals surface area contributed by atoms with Crippen LogP contribution in [0.25, 0.3) is 5.76 Å². The number of fused-ring (bicyclic) bond motifs is 1. The van der Waals surface area contributed by atoms with Crippen molar-refractivity contribution in [2.75, 3.05) is 0 Å². The van der Waals surface area contributed by atoms with Gasteiger partial charge in [-0.2, -0.15) is 0 Å². The molecule has 0 radical (unpaired) electrons. The van der Waals surface area contributed by atoms with E-state index < -0.39 is 17.2 Å². The molecule has 3 rings (SSSR count). The van der Waals surface area contributed by atoms with Crippen molar-refractivity contribution in [2.24, 2.45) is 0 Å². The zero-order chi connectivity index (χ0) is 16.0. The highest BCUT2D eigenvalue weighted by Crippen LogP contribution is 2.43. The number of aliphatic hydroxyl groups excluding tert-OH is 1. The largest absolute Gasteiger partial charge is 0.508 e. The maximum Gasteiger partial charge on any atom is 0.200 e. The average Bonchev–Trinajstić information content (AvgIpc) is 2.44. The minimum absolute atomic E-state index is 0.0564. The third-order valence-electron chi connectivity index (χ3n) is 3.32. The summed E-state index contributed by atoms with van der Waals surface area (Å²) in [5, 5.41) is 57.7. The van der Waals surface area contributed by atoms with Crippen molar-refractivity contribution >= 4 is 5.76 Å². The van der Waals surface area contributed by atoms with E-state index in [0.29, 0.717) is 5.56 Å². The third kappa shape index (κ3) is 2.08. The van der Waals surface area contributed by atoms with E-state index >= 15 is 0 Å². The monoisotopic (exact) mass is 304 g/mol. The molecule has 0 amide bonds. The van der Waals surface area contributed by atoms with Gasteiger partial charge in [0.15, 0.2) is 23.0 Å². The van der Waals surface area contributed by atoms with Crippen molar-refractivity contribution in [3.8, 4) is 34.5 Å². The van der Waals surface area contributed by atoms with E-state index in [9.17, 15) is 30.6 Å². The minimum atomic E-state index is -0.685. The van der Waals surface area contributed by atoms with E-state index in [1.807, 2.05) is 0 Å². The van der Waals surface area contributed by atoms with Crippen molar-refractivity contribution in [2.45, 2.75) is 6.42 Å². The molecule has 2 aromatic carbocycles. The van der Waals surface area contributed by atoms with Gasteiger partial charge in [0, 0.05) is 29.7 Å². The number of aliphatic hydroxyl groups is 1. The Morgan fingerprint density at radius 3 is 2.05 bits per heavy atom. The molecule has 0 atom stereocenters. The molecule has 0 saturated carbocycles. The van der Waals surface area contributed by atoms with Crippen LogP contribution in [0.15, 0.2) is 30.0 Å². The molecule has 7 nitrogen and oxygen atoms in total. The molecule has 1 aliphatic heterocycles. The first-order valence-electron chi connectivity index (χ1n) is 6.27. The molecule has 114 valence electrons. The van der Waals surface area contributed by atoms with E-state index in [1.54, 1.807) is 0 Å². The Morgan fingerprint density at radius 1 is 0.773 bits per heavy atom. The lowest BCUT2D eigenvalue weighted by Crippen LogP contribution is -2.09. The van der Waals surface area contributed by atoms with Gasteiger partial charge < -0.3 is 35.4 Å². The molecule has 0 unspecified atom stereocenters. The first-order valence-corrected chi connectivity index (χ1v) is 6.27. The molecule has 22 heavy (non-hydrogen) atoms. The Bertz CT molecular complexity index is 785. The van der Waals surface area contributed by atoms with Crippen molar-refractivity contribution in [3.05, 3.63) is 41.2 Å². The van der Waals surface area contributed by atoms with Crippen LogP contribution in [0.3, 0.4) is 0 Å². The number of ether oxygens (including phenoxy) is 1. The zero-order valence-corrected chi connectivity index (χ0v) is 11.1. The Morgan fingerprint density at radius 2 is 1.41 bits per heavy atom. The molecular formula is C15H12O7. The van der Waals surface area contributed by atoms with Gasteiger partial charge in [0.05, 0.1) is 0 Å². The fraction of sp³-hybridized carbons (Fsp3) is 0.0667. The standard InChI is InChI=1S/C15H12O7/c16-7-3-9(17)8-5-12(20)15(22-13(8)4-7)6-1-10(18)14(21)11(19)2-6/h1-4,16-21H,5H2. The van der Waals surface area contributed by atoms with E-state index in [4.69, 9.17) is 4.74 Å². The number of hydrogen-bond acceptors (Lipinski definition) is 7. The van der Waals surface area contributed by atoms with Crippen LogP contribution in [0.4, 0.5) is 0 Å². The lowest BCUT2D eigenvalue weighted by Gasteiger charge is -2.22. The molecule has 1 aliphatic rings. The molecule has 6 N–H and O–H groups in total. The molecule has 0 bridgehead atoms. The molecule has 0 aliphatic carbocycles. The quantitative estimate of drug-likeness (QED) is 0.445. The van der Waals surface area contributed by atoms with Crippen LogP contribution >= 0.6 is 0 Å². The van der Waals surface area contributed by atoms with Gasteiger partial charge in [0.2, 0.25) is 0 Å². The van der Waals surface area contributed by atoms with Gasteiger partial charge in [-0.3, -0.25) is 0 Å². The summed E-state index contributed by atoms with van der Waals surface area (Å²) in [5.41, 5.74) is 0.421. The van der Waals surface area contributed by atoms with Crippen LogP contribution in [-0.4, -0.2) is 30.6 Å². The number of hydrogen-bond donors (Lipinski definition) is 6. The van der Waals surface area contributed by atoms with E-state index in [1.165, 1.54) is 6.07 Å². The zero-order valence-electron chi connectivity index (χ0n) is 11.1. The Kier molecular flexibility index (Phi) is 2.91. The van der Waals surface area contributed by atoms with Crippen LogP contribution < -0.4 is 4.74 Å². The van der Waals surface area contributed by atoms with Gasteiger partial charge in [-0.25, -0.2) is 0 Å². The predicted octanol–water partition coefficient (Wildman–Crippen LogP) is 2.08. The molecular weight excluding hydrogens is 292 g/mol. The summed E-state index contributed by atoms with van der Waals surface area (Å²) in [5.74, 6) is -2.45. The summed E-state index contributed by atoms with van der Waals surface area (Å²) in [4.78, 5) is 0. The molecule has 2 aromatic rings. The highest BCUT2D eigenvalue weighted by Gasteiger charge is 2.25. The molecule has 0 fully saturated rings. The SMILES string of the molecule is OC1=C(c2cc(O)c(O)c(O)c2)Oc2cc(O)cc(O)c2C1. The number of allylic oxidation sites excluding steroid dienone is 1. The first kappa shape index (κ1) is 13.7. The third-order valence-corrected chi connectivity index (χ3v) is 3.32. The summed E-state index contributed by atoms with van der Waals surface area (Å²) in [7, 11) is 0. The lowest BCUT2D eigenvalue weighted by atomic mass is 10.0. The first-order chi connectivity index (χ1) is 10.4. The van der Waals surface area contributed by atoms with Crippen molar-refractivity contribution < 1.29 is 35.4 Å². The second kappa shape index (κ2) is 4.66. The number of phenolic OH excluding ortho intramolecular Hbond substituents is 5. The topological polar surface area (TPSA) is 131 Å². The fourth-order valence-electron chi connectivity index (χ4n) is 2.26. The van der Waals surface area contributed by atoms with Crippen LogP contribution in [-0.2, 0) is 6.42 Å². The van der Waals surface area contributed by atoms with Gasteiger partial charge >= 0.3 is 0 Å². The molecule has 0 spiro atoms. The maximum atomic E-state index is 10.1. The molecule has 7 heteroatoms. The van der Waals surface area contributed by atoms with Crippen LogP contribution in [0.5, 0.6) is 34.5 Å². The summed E-state index contributed by atoms with van der Waals surface area (Å²) in [6.45, 7) is 0. The molecule has 0 aromatic heterocycles. The van der Waals surface area contributed by atoms with Crippen LogP contribution in [0, 0.1) is 0 Å². The second-order valence-corrected chi connectivity index (χ2v) is 4.86. The molecule has 1 heterocycles. The minimum Gasteiger partial charge on any atom is -0.508 e. The van der Waals surface area contributed by atoms with Crippen LogP contribution in [0.1, 0.15) is 11.1 Å². The fourth-order valence-corrected chi connectivity index (χ4v) is 2.26. The highest BCUT2D eigenvalue weighted by molar-refractivity contribution is 5.72. The van der Waals surface area contributed by atoms with Crippen molar-refractivity contribution in [1.29, 1.82) is 0 Å². The van der Waals surface area contributed by atoms with Gasteiger partial charge in [-0.15, -0.1) is 0 Å². The van der Waals surface area contributed by atoms with Crippen LogP contribution in [0.2, 0.25) is 0 Å². The summed E-state index contributed by atoms with van der Waals surface area (Å²) in [6, 6.07) is 4.60. The van der Waals surface area contributed by atoms with Crippen molar-refractivity contribution in [1.82, 2.24) is 0 Å². The summed E-state index contributed by atoms with van der Waals surface area (Å²) >= 11 is 0. The summed E-state index contributed by atoms with van der Waals surface area (Å²) < 4.78 is 5.45. The van der Waals surface area contributed by atoms with E-state index in [2.05, 4.69) is 0 Å². The normalized spacial score (nSPS) is 13.6. The van der Waals surface area contributed by atoms with Crippen molar-refractivity contribution in [3.63, 3.8) is 0 Å². The van der Waals surface area contributed by atoms with E-state index in [0.717, 1.165) is 18.2 Å². The number of aromatic hydroxyl groups is 5. The number of benzene rings is 2. The lowest BCUT2D eigenvalue weighted by molar-refractivity contribution is 0.347. The Hall–Kier alpha value is -3.22.